The van der Waals surface area contributed by atoms with E-state index in [9.17, 15) is 9.50 Å². The Balaban J connectivity index is 1.58. The van der Waals surface area contributed by atoms with Crippen molar-refractivity contribution in [3.63, 3.8) is 0 Å². The molecule has 1 aliphatic rings. The molecule has 6 heteroatoms. The molecule has 1 aliphatic heterocycles. The van der Waals surface area contributed by atoms with Gasteiger partial charge in [-0.3, -0.25) is 4.90 Å². The van der Waals surface area contributed by atoms with Gasteiger partial charge in [0, 0.05) is 29.5 Å². The summed E-state index contributed by atoms with van der Waals surface area (Å²) in [5.74, 6) is 0.541. The van der Waals surface area contributed by atoms with Crippen molar-refractivity contribution < 1.29 is 9.50 Å². The van der Waals surface area contributed by atoms with E-state index in [1.165, 1.54) is 6.07 Å². The zero-order chi connectivity index (χ0) is 15.5. The highest BCUT2D eigenvalue weighted by atomic mass is 35.5. The molecule has 1 fully saturated rings. The maximum absolute atomic E-state index is 13.8. The third kappa shape index (κ3) is 3.32. The van der Waals surface area contributed by atoms with E-state index in [1.807, 2.05) is 0 Å². The minimum absolute atomic E-state index is 0.179. The van der Waals surface area contributed by atoms with Crippen molar-refractivity contribution in [3.05, 3.63) is 52.8 Å². The van der Waals surface area contributed by atoms with E-state index in [0.29, 0.717) is 23.0 Å². The summed E-state index contributed by atoms with van der Waals surface area (Å²) in [4.78, 5) is 9.25. The van der Waals surface area contributed by atoms with Gasteiger partial charge >= 0.3 is 0 Å². The third-order valence-electron chi connectivity index (χ3n) is 4.32. The van der Waals surface area contributed by atoms with Gasteiger partial charge in [-0.05, 0) is 44.0 Å². The number of aliphatic hydroxyl groups is 1. The Morgan fingerprint density at radius 2 is 2.18 bits per heavy atom. The lowest BCUT2D eigenvalue weighted by Gasteiger charge is -2.33. The SMILES string of the molecule is O[C@@H](c1ncc[nH]1)C1CCN(Cc2c(F)cccc2Cl)CC1. The highest BCUT2D eigenvalue weighted by Gasteiger charge is 2.28. The van der Waals surface area contributed by atoms with Gasteiger partial charge in [0.1, 0.15) is 17.7 Å². The molecule has 0 aliphatic carbocycles. The second kappa shape index (κ2) is 6.77. The molecule has 0 bridgehead atoms. The van der Waals surface area contributed by atoms with Crippen LogP contribution in [0.3, 0.4) is 0 Å². The number of rotatable bonds is 4. The summed E-state index contributed by atoms with van der Waals surface area (Å²) in [6.45, 7) is 2.13. The van der Waals surface area contributed by atoms with Crippen LogP contribution in [0.15, 0.2) is 30.6 Å². The molecular weight excluding hydrogens is 305 g/mol. The van der Waals surface area contributed by atoms with Crippen LogP contribution in [-0.4, -0.2) is 33.1 Å². The molecule has 1 atom stereocenters. The summed E-state index contributed by atoms with van der Waals surface area (Å²) in [6, 6.07) is 4.77. The summed E-state index contributed by atoms with van der Waals surface area (Å²) >= 11 is 6.08. The largest absolute Gasteiger partial charge is 0.385 e. The summed E-state index contributed by atoms with van der Waals surface area (Å²) in [5, 5.41) is 10.8. The van der Waals surface area contributed by atoms with Gasteiger partial charge in [0.2, 0.25) is 0 Å². The lowest BCUT2D eigenvalue weighted by atomic mass is 9.90. The van der Waals surface area contributed by atoms with Crippen molar-refractivity contribution in [1.82, 2.24) is 14.9 Å². The number of hydrogen-bond donors (Lipinski definition) is 2. The number of imidazole rings is 1. The lowest BCUT2D eigenvalue weighted by molar-refractivity contribution is 0.0512. The van der Waals surface area contributed by atoms with Crippen LogP contribution in [0.2, 0.25) is 5.02 Å². The molecule has 0 amide bonds. The quantitative estimate of drug-likeness (QED) is 0.908. The topological polar surface area (TPSA) is 52.2 Å². The molecule has 3 rings (SSSR count). The van der Waals surface area contributed by atoms with Crippen molar-refractivity contribution in [1.29, 1.82) is 0 Å². The molecule has 0 spiro atoms. The molecule has 22 heavy (non-hydrogen) atoms. The summed E-state index contributed by atoms with van der Waals surface area (Å²) < 4.78 is 13.8. The van der Waals surface area contributed by atoms with Gasteiger partial charge in [-0.1, -0.05) is 17.7 Å². The Bertz CT molecular complexity index is 592. The van der Waals surface area contributed by atoms with Gasteiger partial charge in [0.15, 0.2) is 0 Å². The van der Waals surface area contributed by atoms with Crippen molar-refractivity contribution in [2.45, 2.75) is 25.5 Å². The predicted molar refractivity (Wildman–Crippen MR) is 83.0 cm³/mol. The van der Waals surface area contributed by atoms with E-state index in [0.717, 1.165) is 25.9 Å². The monoisotopic (exact) mass is 323 g/mol. The van der Waals surface area contributed by atoms with Gasteiger partial charge in [-0.25, -0.2) is 9.37 Å². The fraction of sp³-hybridized carbons (Fsp3) is 0.438. The van der Waals surface area contributed by atoms with Gasteiger partial charge < -0.3 is 10.1 Å². The van der Waals surface area contributed by atoms with Crippen molar-refractivity contribution in [3.8, 4) is 0 Å². The minimum atomic E-state index is -0.561. The molecule has 0 unspecified atom stereocenters. The molecule has 2 aromatic rings. The zero-order valence-electron chi connectivity index (χ0n) is 12.2. The highest BCUT2D eigenvalue weighted by Crippen LogP contribution is 2.30. The van der Waals surface area contributed by atoms with Crippen LogP contribution >= 0.6 is 11.6 Å². The van der Waals surface area contributed by atoms with E-state index in [4.69, 9.17) is 11.6 Å². The molecule has 1 aromatic heterocycles. The lowest BCUT2D eigenvalue weighted by Crippen LogP contribution is -2.35. The van der Waals surface area contributed by atoms with E-state index < -0.39 is 6.10 Å². The Hall–Kier alpha value is -1.43. The number of piperidine rings is 1. The Morgan fingerprint density at radius 3 is 2.82 bits per heavy atom. The van der Waals surface area contributed by atoms with Gasteiger partial charge in [0.25, 0.3) is 0 Å². The molecule has 1 aromatic carbocycles. The number of H-pyrrole nitrogens is 1. The first-order valence-corrected chi connectivity index (χ1v) is 7.85. The fourth-order valence-electron chi connectivity index (χ4n) is 3.00. The van der Waals surface area contributed by atoms with Crippen LogP contribution in [-0.2, 0) is 6.54 Å². The average Bonchev–Trinajstić information content (AvgIpc) is 3.05. The van der Waals surface area contributed by atoms with Gasteiger partial charge in [-0.15, -0.1) is 0 Å². The minimum Gasteiger partial charge on any atom is -0.385 e. The fourth-order valence-corrected chi connectivity index (χ4v) is 3.22. The third-order valence-corrected chi connectivity index (χ3v) is 4.68. The van der Waals surface area contributed by atoms with E-state index in [1.54, 1.807) is 24.5 Å². The van der Waals surface area contributed by atoms with Crippen LogP contribution in [0.1, 0.15) is 30.3 Å². The highest BCUT2D eigenvalue weighted by molar-refractivity contribution is 6.31. The summed E-state index contributed by atoms with van der Waals surface area (Å²) in [5.41, 5.74) is 0.550. The van der Waals surface area contributed by atoms with Crippen molar-refractivity contribution in [2.75, 3.05) is 13.1 Å². The van der Waals surface area contributed by atoms with Crippen LogP contribution < -0.4 is 0 Å². The Labute approximate surface area is 133 Å². The molecule has 1 saturated heterocycles. The number of nitrogens with one attached hydrogen (secondary N) is 1. The van der Waals surface area contributed by atoms with Gasteiger partial charge in [-0.2, -0.15) is 0 Å². The van der Waals surface area contributed by atoms with Crippen molar-refractivity contribution in [2.24, 2.45) is 5.92 Å². The molecule has 0 radical (unpaired) electrons. The normalized spacial score (nSPS) is 18.5. The second-order valence-corrected chi connectivity index (χ2v) is 6.14. The van der Waals surface area contributed by atoms with Crippen LogP contribution in [0, 0.1) is 11.7 Å². The molecule has 4 nitrogen and oxygen atoms in total. The predicted octanol–water partition coefficient (Wildman–Crippen LogP) is 3.15. The number of hydrogen-bond acceptors (Lipinski definition) is 3. The van der Waals surface area contributed by atoms with E-state index in [2.05, 4.69) is 14.9 Å². The average molecular weight is 324 g/mol. The smallest absolute Gasteiger partial charge is 0.135 e. The summed E-state index contributed by atoms with van der Waals surface area (Å²) in [7, 11) is 0. The Morgan fingerprint density at radius 1 is 1.41 bits per heavy atom. The van der Waals surface area contributed by atoms with Crippen LogP contribution in [0.4, 0.5) is 4.39 Å². The zero-order valence-corrected chi connectivity index (χ0v) is 12.9. The van der Waals surface area contributed by atoms with Crippen molar-refractivity contribution >= 4 is 11.6 Å². The first kappa shape index (κ1) is 15.5. The van der Waals surface area contributed by atoms with E-state index >= 15 is 0 Å². The van der Waals surface area contributed by atoms with Crippen LogP contribution in [0.5, 0.6) is 0 Å². The Kier molecular flexibility index (Phi) is 4.76. The molecule has 118 valence electrons. The number of aromatic amines is 1. The molecular formula is C16H19ClFN3O. The maximum atomic E-state index is 13.8. The maximum Gasteiger partial charge on any atom is 0.135 e. The number of benzene rings is 1. The molecule has 0 saturated carbocycles. The number of likely N-dealkylation sites (tertiary alicyclic amines) is 1. The first-order valence-electron chi connectivity index (χ1n) is 7.47. The second-order valence-electron chi connectivity index (χ2n) is 5.73. The van der Waals surface area contributed by atoms with E-state index in [-0.39, 0.29) is 11.7 Å². The standard InChI is InChI=1S/C16H19ClFN3O/c17-13-2-1-3-14(18)12(13)10-21-8-4-11(5-9-21)15(22)16-19-6-7-20-16/h1-3,6-7,11,15,22H,4-5,8-10H2,(H,19,20)/t15-/m1/s1. The summed E-state index contributed by atoms with van der Waals surface area (Å²) in [6.07, 6.45) is 4.51. The van der Waals surface area contributed by atoms with Crippen LogP contribution in [0.25, 0.3) is 0 Å². The molecule has 2 heterocycles. The molecule has 2 N–H and O–H groups in total. The number of aromatic nitrogens is 2. The number of aliphatic hydroxyl groups excluding tert-OH is 1. The number of nitrogens with zero attached hydrogens (tertiary/aromatic N) is 2. The number of halogens is 2. The first-order chi connectivity index (χ1) is 10.6. The van der Waals surface area contributed by atoms with Gasteiger partial charge in [0.05, 0.1) is 0 Å².